The molecule has 0 amide bonds. The highest BCUT2D eigenvalue weighted by molar-refractivity contribution is 8.00. The van der Waals surface area contributed by atoms with E-state index in [1.165, 1.54) is 0 Å². The summed E-state index contributed by atoms with van der Waals surface area (Å²) >= 11 is 1.97. The van der Waals surface area contributed by atoms with Gasteiger partial charge in [0.25, 0.3) is 0 Å². The number of nitrogens with one attached hydrogen (secondary N) is 1. The van der Waals surface area contributed by atoms with Crippen LogP contribution in [0.5, 0.6) is 0 Å². The molecule has 2 N–H and O–H groups in total. The Morgan fingerprint density at radius 2 is 2.00 bits per heavy atom. The van der Waals surface area contributed by atoms with E-state index in [2.05, 4.69) is 33.0 Å². The maximum Gasteiger partial charge on any atom is 0.0443 e. The van der Waals surface area contributed by atoms with Crippen molar-refractivity contribution in [3.63, 3.8) is 0 Å². The third-order valence-corrected chi connectivity index (χ3v) is 3.13. The van der Waals surface area contributed by atoms with E-state index in [0.717, 1.165) is 18.7 Å². The third-order valence-electron chi connectivity index (χ3n) is 1.59. The predicted octanol–water partition coefficient (Wildman–Crippen LogP) is 1.88. The molecule has 0 rings (SSSR count). The van der Waals surface area contributed by atoms with Gasteiger partial charge in [-0.1, -0.05) is 20.8 Å². The zero-order valence-corrected chi connectivity index (χ0v) is 10.1. The van der Waals surface area contributed by atoms with Gasteiger partial charge in [-0.25, -0.2) is 0 Å². The maximum absolute atomic E-state index is 8.59. The Labute approximate surface area is 86.5 Å². The molecule has 2 nitrogen and oxygen atoms in total. The molecule has 0 radical (unpaired) electrons. The lowest BCUT2D eigenvalue weighted by molar-refractivity contribution is 0.284. The molecule has 1 atom stereocenters. The summed E-state index contributed by atoms with van der Waals surface area (Å²) in [7, 11) is 0. The highest BCUT2D eigenvalue weighted by Gasteiger charge is 2.12. The van der Waals surface area contributed by atoms with Crippen LogP contribution in [0.3, 0.4) is 0 Å². The molecule has 3 heteroatoms. The lowest BCUT2D eigenvalue weighted by Gasteiger charge is -2.21. The van der Waals surface area contributed by atoms with Crippen molar-refractivity contribution in [2.75, 3.05) is 18.9 Å². The molecule has 0 saturated heterocycles. The van der Waals surface area contributed by atoms with E-state index in [4.69, 9.17) is 5.11 Å². The Balaban J connectivity index is 3.35. The number of hydrogen-bond donors (Lipinski definition) is 2. The summed E-state index contributed by atoms with van der Waals surface area (Å²) < 4.78 is 0.354. The molecule has 0 saturated carbocycles. The summed E-state index contributed by atoms with van der Waals surface area (Å²) in [5.41, 5.74) is 0. The van der Waals surface area contributed by atoms with Crippen molar-refractivity contribution in [3.8, 4) is 0 Å². The fourth-order valence-electron chi connectivity index (χ4n) is 0.861. The molecule has 0 aliphatic carbocycles. The lowest BCUT2D eigenvalue weighted by atomic mass is 10.3. The Morgan fingerprint density at radius 1 is 1.38 bits per heavy atom. The molecule has 0 fully saturated rings. The minimum Gasteiger partial charge on any atom is -0.396 e. The highest BCUT2D eigenvalue weighted by Crippen LogP contribution is 2.23. The highest BCUT2D eigenvalue weighted by atomic mass is 32.2. The Bertz CT molecular complexity index is 123. The second-order valence-corrected chi connectivity index (χ2v) is 6.20. The van der Waals surface area contributed by atoms with Gasteiger partial charge in [-0.3, -0.25) is 0 Å². The van der Waals surface area contributed by atoms with Gasteiger partial charge in [-0.2, -0.15) is 11.8 Å². The van der Waals surface area contributed by atoms with E-state index >= 15 is 0 Å². The van der Waals surface area contributed by atoms with Gasteiger partial charge in [0, 0.05) is 23.1 Å². The third kappa shape index (κ3) is 10.2. The number of aliphatic hydroxyl groups is 1. The molecule has 0 bridgehead atoms. The molecular weight excluding hydrogens is 182 g/mol. The van der Waals surface area contributed by atoms with E-state index in [1.54, 1.807) is 0 Å². The van der Waals surface area contributed by atoms with Crippen LogP contribution in [0.1, 0.15) is 34.1 Å². The fourth-order valence-corrected chi connectivity index (χ4v) is 1.73. The number of hydrogen-bond acceptors (Lipinski definition) is 3. The van der Waals surface area contributed by atoms with Crippen molar-refractivity contribution in [2.45, 2.75) is 44.9 Å². The molecule has 80 valence electrons. The van der Waals surface area contributed by atoms with Gasteiger partial charge in [0.15, 0.2) is 0 Å². The Kier molecular flexibility index (Phi) is 6.82. The van der Waals surface area contributed by atoms with E-state index in [0.29, 0.717) is 10.8 Å². The van der Waals surface area contributed by atoms with Gasteiger partial charge < -0.3 is 10.4 Å². The molecule has 0 aromatic rings. The average Bonchev–Trinajstić information content (AvgIpc) is 2.00. The summed E-state index contributed by atoms with van der Waals surface area (Å²) in [4.78, 5) is 0. The molecule has 0 heterocycles. The van der Waals surface area contributed by atoms with Crippen LogP contribution in [0.2, 0.25) is 0 Å². The van der Waals surface area contributed by atoms with Crippen LogP contribution in [-0.4, -0.2) is 34.8 Å². The summed E-state index contributed by atoms with van der Waals surface area (Å²) in [5.74, 6) is 1.13. The van der Waals surface area contributed by atoms with Crippen molar-refractivity contribution >= 4 is 11.8 Å². The fraction of sp³-hybridized carbons (Fsp3) is 1.00. The molecule has 0 aromatic heterocycles. The minimum atomic E-state index is 0.284. The quantitative estimate of drug-likeness (QED) is 0.649. The second kappa shape index (κ2) is 6.68. The standard InChI is InChI=1S/C10H23NOS/c1-9(11-6-5-7-12)8-13-10(2,3)4/h9,11-12H,5-8H2,1-4H3. The average molecular weight is 205 g/mol. The van der Waals surface area contributed by atoms with Crippen molar-refractivity contribution < 1.29 is 5.11 Å². The van der Waals surface area contributed by atoms with E-state index in [9.17, 15) is 0 Å². The van der Waals surface area contributed by atoms with Crippen LogP contribution < -0.4 is 5.32 Å². The molecule has 0 aliphatic heterocycles. The first kappa shape index (κ1) is 13.3. The van der Waals surface area contributed by atoms with Gasteiger partial charge in [0.1, 0.15) is 0 Å². The SMILES string of the molecule is CC(CSC(C)(C)C)NCCCO. The molecule has 0 spiro atoms. The zero-order chi connectivity index (χ0) is 10.3. The second-order valence-electron chi connectivity index (χ2n) is 4.36. The summed E-state index contributed by atoms with van der Waals surface area (Å²) in [6.07, 6.45) is 0.852. The predicted molar refractivity (Wildman–Crippen MR) is 61.4 cm³/mol. The normalized spacial score (nSPS) is 14.5. The van der Waals surface area contributed by atoms with E-state index < -0.39 is 0 Å². The van der Waals surface area contributed by atoms with Crippen molar-refractivity contribution in [1.29, 1.82) is 0 Å². The van der Waals surface area contributed by atoms with Gasteiger partial charge in [0.05, 0.1) is 0 Å². The molecule has 0 aromatic carbocycles. The Morgan fingerprint density at radius 3 is 2.46 bits per heavy atom. The van der Waals surface area contributed by atoms with Crippen molar-refractivity contribution in [3.05, 3.63) is 0 Å². The van der Waals surface area contributed by atoms with Gasteiger partial charge in [-0.05, 0) is 19.9 Å². The number of aliphatic hydroxyl groups excluding tert-OH is 1. The molecule has 1 unspecified atom stereocenters. The molecular formula is C10H23NOS. The zero-order valence-electron chi connectivity index (χ0n) is 9.26. The Hall–Kier alpha value is 0.270. The van der Waals surface area contributed by atoms with Gasteiger partial charge in [0.2, 0.25) is 0 Å². The first-order valence-corrected chi connectivity index (χ1v) is 5.92. The van der Waals surface area contributed by atoms with E-state index in [-0.39, 0.29) is 6.61 Å². The van der Waals surface area contributed by atoms with Crippen LogP contribution in [-0.2, 0) is 0 Å². The van der Waals surface area contributed by atoms with Gasteiger partial charge >= 0.3 is 0 Å². The van der Waals surface area contributed by atoms with Crippen molar-refractivity contribution in [2.24, 2.45) is 0 Å². The monoisotopic (exact) mass is 205 g/mol. The lowest BCUT2D eigenvalue weighted by Crippen LogP contribution is -2.31. The van der Waals surface area contributed by atoms with Crippen LogP contribution in [0.15, 0.2) is 0 Å². The maximum atomic E-state index is 8.59. The smallest absolute Gasteiger partial charge is 0.0443 e. The number of thioether (sulfide) groups is 1. The first-order chi connectivity index (χ1) is 5.95. The molecule has 13 heavy (non-hydrogen) atoms. The van der Waals surface area contributed by atoms with Crippen LogP contribution in [0.4, 0.5) is 0 Å². The topological polar surface area (TPSA) is 32.3 Å². The summed E-state index contributed by atoms with van der Waals surface area (Å²) in [6.45, 7) is 10.1. The van der Waals surface area contributed by atoms with Crippen molar-refractivity contribution in [1.82, 2.24) is 5.32 Å². The van der Waals surface area contributed by atoms with Crippen LogP contribution in [0, 0.1) is 0 Å². The van der Waals surface area contributed by atoms with Crippen LogP contribution in [0.25, 0.3) is 0 Å². The largest absolute Gasteiger partial charge is 0.396 e. The summed E-state index contributed by atoms with van der Waals surface area (Å²) in [6, 6.07) is 0.538. The van der Waals surface area contributed by atoms with Crippen LogP contribution >= 0.6 is 11.8 Å². The van der Waals surface area contributed by atoms with E-state index in [1.807, 2.05) is 11.8 Å². The first-order valence-electron chi connectivity index (χ1n) is 4.94. The molecule has 0 aliphatic rings. The summed E-state index contributed by atoms with van der Waals surface area (Å²) in [5, 5.41) is 12.0. The number of rotatable bonds is 6. The minimum absolute atomic E-state index is 0.284. The van der Waals surface area contributed by atoms with Gasteiger partial charge in [-0.15, -0.1) is 0 Å².